The summed E-state index contributed by atoms with van der Waals surface area (Å²) in [6.45, 7) is 2.73. The zero-order valence-corrected chi connectivity index (χ0v) is 8.88. The average Bonchev–Trinajstić information content (AvgIpc) is 2.25. The van der Waals surface area contributed by atoms with E-state index in [9.17, 15) is 13.2 Å². The van der Waals surface area contributed by atoms with E-state index in [1.54, 1.807) is 0 Å². The van der Waals surface area contributed by atoms with Gasteiger partial charge in [0, 0.05) is 30.9 Å². The highest BCUT2D eigenvalue weighted by atomic mass is 19.4. The first kappa shape index (κ1) is 11.4. The van der Waals surface area contributed by atoms with Crippen molar-refractivity contribution in [2.75, 3.05) is 13.1 Å². The normalized spacial score (nSPS) is 30.9. The fourth-order valence-electron chi connectivity index (χ4n) is 1.56. The highest BCUT2D eigenvalue weighted by molar-refractivity contribution is 5.98. The lowest BCUT2D eigenvalue weighted by Crippen LogP contribution is -2.46. The van der Waals surface area contributed by atoms with Gasteiger partial charge in [-0.05, 0) is 19.1 Å². The molecule has 1 fully saturated rings. The van der Waals surface area contributed by atoms with Crippen LogP contribution < -0.4 is 5.32 Å². The van der Waals surface area contributed by atoms with Crippen molar-refractivity contribution in [2.24, 2.45) is 16.3 Å². The van der Waals surface area contributed by atoms with Gasteiger partial charge in [0.25, 0.3) is 0 Å². The van der Waals surface area contributed by atoms with Gasteiger partial charge in [-0.25, -0.2) is 0 Å². The Balaban J connectivity index is 2.20. The molecule has 0 radical (unpaired) electrons. The Bertz CT molecular complexity index is 364. The van der Waals surface area contributed by atoms with Gasteiger partial charge in [0.2, 0.25) is 0 Å². The van der Waals surface area contributed by atoms with Crippen LogP contribution in [-0.2, 0) is 0 Å². The van der Waals surface area contributed by atoms with Gasteiger partial charge >= 0.3 is 6.18 Å². The number of halogens is 3. The number of nitrogens with zero attached hydrogens (tertiary/aromatic N) is 1. The molecule has 0 amide bonds. The summed E-state index contributed by atoms with van der Waals surface area (Å²) >= 11 is 0. The van der Waals surface area contributed by atoms with Crippen molar-refractivity contribution in [1.82, 2.24) is 5.32 Å². The first-order valence-corrected chi connectivity index (χ1v) is 5.14. The Morgan fingerprint density at radius 3 is 2.56 bits per heavy atom. The molecular weight excluding hydrogens is 217 g/mol. The third-order valence-corrected chi connectivity index (χ3v) is 3.06. The van der Waals surface area contributed by atoms with Gasteiger partial charge < -0.3 is 5.32 Å². The Morgan fingerprint density at radius 2 is 2.06 bits per heavy atom. The number of hydrogen-bond donors (Lipinski definition) is 1. The molecule has 0 aromatic rings. The summed E-state index contributed by atoms with van der Waals surface area (Å²) in [5, 5.41) is 3.07. The monoisotopic (exact) mass is 230 g/mol. The quantitative estimate of drug-likeness (QED) is 0.734. The molecule has 2 rings (SSSR count). The second-order valence-electron chi connectivity index (χ2n) is 4.34. The minimum absolute atomic E-state index is 0.247. The van der Waals surface area contributed by atoms with E-state index in [2.05, 4.69) is 10.3 Å². The fourth-order valence-corrected chi connectivity index (χ4v) is 1.56. The molecule has 5 heteroatoms. The highest BCUT2D eigenvalue weighted by Gasteiger charge is 2.47. The van der Waals surface area contributed by atoms with Crippen LogP contribution in [0.4, 0.5) is 13.2 Å². The second kappa shape index (κ2) is 3.73. The molecule has 0 aliphatic carbocycles. The molecule has 0 spiro atoms. The van der Waals surface area contributed by atoms with E-state index >= 15 is 0 Å². The smallest absolute Gasteiger partial charge is 0.315 e. The van der Waals surface area contributed by atoms with Crippen molar-refractivity contribution in [3.8, 4) is 0 Å². The fraction of sp³-hybridized carbons (Fsp3) is 0.545. The van der Waals surface area contributed by atoms with E-state index in [-0.39, 0.29) is 5.92 Å². The molecule has 0 saturated carbocycles. The van der Waals surface area contributed by atoms with Crippen LogP contribution >= 0.6 is 0 Å². The van der Waals surface area contributed by atoms with Crippen LogP contribution in [0.25, 0.3) is 0 Å². The topological polar surface area (TPSA) is 24.4 Å². The van der Waals surface area contributed by atoms with Gasteiger partial charge in [0.15, 0.2) is 0 Å². The number of nitrogens with one attached hydrogen (secondary N) is 1. The lowest BCUT2D eigenvalue weighted by molar-refractivity contribution is -0.183. The summed E-state index contributed by atoms with van der Waals surface area (Å²) in [4.78, 5) is 4.06. The molecule has 1 N–H and O–H groups in total. The molecule has 1 unspecified atom stereocenters. The van der Waals surface area contributed by atoms with Crippen molar-refractivity contribution in [3.05, 3.63) is 24.4 Å². The van der Waals surface area contributed by atoms with Crippen LogP contribution in [0.3, 0.4) is 0 Å². The number of alkyl halides is 3. The summed E-state index contributed by atoms with van der Waals surface area (Å²) in [7, 11) is 0. The number of aliphatic imine (C=N–C) groups is 1. The lowest BCUT2D eigenvalue weighted by atomic mass is 9.88. The maximum absolute atomic E-state index is 12.8. The summed E-state index contributed by atoms with van der Waals surface area (Å²) in [5.41, 5.74) is -1.18. The van der Waals surface area contributed by atoms with Crippen LogP contribution in [-0.4, -0.2) is 25.0 Å². The van der Waals surface area contributed by atoms with E-state index in [1.807, 2.05) is 0 Å². The first-order chi connectivity index (χ1) is 7.42. The molecular formula is C11H13F3N2. The Labute approximate surface area is 91.9 Å². The molecule has 2 aliphatic rings. The van der Waals surface area contributed by atoms with Crippen LogP contribution in [0.15, 0.2) is 29.4 Å². The van der Waals surface area contributed by atoms with Crippen molar-refractivity contribution in [1.29, 1.82) is 0 Å². The zero-order chi connectivity index (χ0) is 11.8. The SMILES string of the molecule is CC1(C(F)(F)F)C=CN=C(C2CNC2)C=C1. The minimum atomic E-state index is -4.27. The van der Waals surface area contributed by atoms with Gasteiger partial charge in [-0.15, -0.1) is 0 Å². The van der Waals surface area contributed by atoms with Crippen molar-refractivity contribution < 1.29 is 13.2 Å². The molecule has 0 aromatic heterocycles. The molecule has 1 saturated heterocycles. The second-order valence-corrected chi connectivity index (χ2v) is 4.34. The number of allylic oxidation sites excluding steroid dienone is 3. The summed E-state index contributed by atoms with van der Waals surface area (Å²) in [5.74, 6) is 0.247. The van der Waals surface area contributed by atoms with E-state index in [4.69, 9.17) is 0 Å². The van der Waals surface area contributed by atoms with E-state index in [0.717, 1.165) is 31.8 Å². The van der Waals surface area contributed by atoms with E-state index in [0.29, 0.717) is 0 Å². The third kappa shape index (κ3) is 1.91. The molecule has 0 aromatic carbocycles. The predicted molar refractivity (Wildman–Crippen MR) is 56.2 cm³/mol. The van der Waals surface area contributed by atoms with Crippen molar-refractivity contribution in [3.63, 3.8) is 0 Å². The standard InChI is InChI=1S/C11H13F3N2/c1-10(11(12,13)14)3-2-9(16-5-4-10)8-6-15-7-8/h2-5,8,15H,6-7H2,1H3. The van der Waals surface area contributed by atoms with Gasteiger partial charge in [0.1, 0.15) is 5.41 Å². The number of rotatable bonds is 1. The van der Waals surface area contributed by atoms with E-state index in [1.165, 1.54) is 18.4 Å². The van der Waals surface area contributed by atoms with Gasteiger partial charge in [-0.3, -0.25) is 4.99 Å². The van der Waals surface area contributed by atoms with Crippen molar-refractivity contribution in [2.45, 2.75) is 13.1 Å². The van der Waals surface area contributed by atoms with Gasteiger partial charge in [-0.1, -0.05) is 6.08 Å². The largest absolute Gasteiger partial charge is 0.401 e. The van der Waals surface area contributed by atoms with Crippen LogP contribution in [0.2, 0.25) is 0 Å². The zero-order valence-electron chi connectivity index (χ0n) is 8.88. The third-order valence-electron chi connectivity index (χ3n) is 3.06. The molecule has 88 valence electrons. The molecule has 16 heavy (non-hydrogen) atoms. The van der Waals surface area contributed by atoms with Gasteiger partial charge in [0.05, 0.1) is 0 Å². The molecule has 0 bridgehead atoms. The Morgan fingerprint density at radius 1 is 1.38 bits per heavy atom. The Hall–Kier alpha value is -1.10. The minimum Gasteiger partial charge on any atom is -0.315 e. The summed E-state index contributed by atoms with van der Waals surface area (Å²) < 4.78 is 38.3. The molecule has 2 aliphatic heterocycles. The maximum atomic E-state index is 12.8. The van der Waals surface area contributed by atoms with Crippen molar-refractivity contribution >= 4 is 5.71 Å². The predicted octanol–water partition coefficient (Wildman–Crippen LogP) is 2.30. The lowest BCUT2D eigenvalue weighted by Gasteiger charge is -2.27. The highest BCUT2D eigenvalue weighted by Crippen LogP contribution is 2.41. The average molecular weight is 230 g/mol. The first-order valence-electron chi connectivity index (χ1n) is 5.14. The van der Waals surface area contributed by atoms with E-state index < -0.39 is 11.6 Å². The number of hydrogen-bond acceptors (Lipinski definition) is 2. The van der Waals surface area contributed by atoms with Gasteiger partial charge in [-0.2, -0.15) is 13.2 Å². The summed E-state index contributed by atoms with van der Waals surface area (Å²) in [6, 6.07) is 0. The molecule has 2 nitrogen and oxygen atoms in total. The van der Waals surface area contributed by atoms with Crippen LogP contribution in [0.5, 0.6) is 0 Å². The summed E-state index contributed by atoms with van der Waals surface area (Å²) in [6.07, 6.45) is 0.777. The Kier molecular flexibility index (Phi) is 2.66. The molecule has 1 atom stereocenters. The molecule has 2 heterocycles. The van der Waals surface area contributed by atoms with Crippen LogP contribution in [0, 0.1) is 11.3 Å². The maximum Gasteiger partial charge on any atom is 0.401 e. The van der Waals surface area contributed by atoms with Crippen LogP contribution in [0.1, 0.15) is 6.92 Å².